The summed E-state index contributed by atoms with van der Waals surface area (Å²) in [4.78, 5) is 0. The monoisotopic (exact) mass is 252 g/mol. The molecule has 2 aromatic carbocycles. The zero-order chi connectivity index (χ0) is 13.1. The van der Waals surface area contributed by atoms with Gasteiger partial charge in [-0.3, -0.25) is 5.01 Å². The standard InChI is InChI=1S/C15H16N4/c16-14-8-6-13(7-9-14)15-11-19(18-17-15)10-12-4-2-1-3-5-12/h1-9,11,17-18H,10,16H2. The van der Waals surface area contributed by atoms with Crippen LogP contribution in [0.25, 0.3) is 5.70 Å². The molecule has 0 bridgehead atoms. The molecule has 0 aromatic heterocycles. The van der Waals surface area contributed by atoms with E-state index in [0.29, 0.717) is 0 Å². The lowest BCUT2D eigenvalue weighted by Crippen LogP contribution is -2.35. The predicted octanol–water partition coefficient (Wildman–Crippen LogP) is 2.09. The summed E-state index contributed by atoms with van der Waals surface area (Å²) >= 11 is 0. The third kappa shape index (κ3) is 2.69. The fourth-order valence-electron chi connectivity index (χ4n) is 2.03. The average Bonchev–Trinajstić information content (AvgIpc) is 2.89. The second-order valence-corrected chi connectivity index (χ2v) is 4.52. The first kappa shape index (κ1) is 11.6. The van der Waals surface area contributed by atoms with Gasteiger partial charge in [0.2, 0.25) is 0 Å². The summed E-state index contributed by atoms with van der Waals surface area (Å²) in [7, 11) is 0. The largest absolute Gasteiger partial charge is 0.399 e. The number of hydrogen-bond donors (Lipinski definition) is 3. The highest BCUT2D eigenvalue weighted by molar-refractivity contribution is 5.65. The zero-order valence-electron chi connectivity index (χ0n) is 10.5. The van der Waals surface area contributed by atoms with Gasteiger partial charge in [-0.05, 0) is 17.7 Å². The summed E-state index contributed by atoms with van der Waals surface area (Å²) in [5.74, 6) is 0. The van der Waals surface area contributed by atoms with Crippen LogP contribution in [0.1, 0.15) is 11.1 Å². The molecule has 96 valence electrons. The van der Waals surface area contributed by atoms with Crippen molar-refractivity contribution in [3.63, 3.8) is 0 Å². The summed E-state index contributed by atoms with van der Waals surface area (Å²) in [6.45, 7) is 0.812. The van der Waals surface area contributed by atoms with Crippen molar-refractivity contribution in [3.05, 3.63) is 71.9 Å². The fourth-order valence-corrected chi connectivity index (χ4v) is 2.03. The summed E-state index contributed by atoms with van der Waals surface area (Å²) in [6.07, 6.45) is 2.05. The SMILES string of the molecule is Nc1ccc(C2=CN(Cc3ccccc3)NN2)cc1. The Morgan fingerprint density at radius 2 is 1.68 bits per heavy atom. The molecule has 19 heavy (non-hydrogen) atoms. The van der Waals surface area contributed by atoms with Gasteiger partial charge in [0, 0.05) is 17.5 Å². The molecule has 0 aliphatic carbocycles. The van der Waals surface area contributed by atoms with Gasteiger partial charge < -0.3 is 11.2 Å². The molecule has 4 N–H and O–H groups in total. The van der Waals surface area contributed by atoms with Gasteiger partial charge in [-0.15, -0.1) is 5.53 Å². The molecule has 1 heterocycles. The van der Waals surface area contributed by atoms with E-state index in [4.69, 9.17) is 5.73 Å². The number of anilines is 1. The molecule has 0 atom stereocenters. The van der Waals surface area contributed by atoms with Gasteiger partial charge in [0.1, 0.15) is 0 Å². The van der Waals surface area contributed by atoms with Gasteiger partial charge >= 0.3 is 0 Å². The van der Waals surface area contributed by atoms with Crippen LogP contribution >= 0.6 is 0 Å². The topological polar surface area (TPSA) is 53.3 Å². The summed E-state index contributed by atoms with van der Waals surface area (Å²) in [5.41, 5.74) is 16.2. The van der Waals surface area contributed by atoms with Gasteiger partial charge in [0.25, 0.3) is 0 Å². The molecule has 0 radical (unpaired) electrons. The number of nitrogen functional groups attached to an aromatic ring is 1. The van der Waals surface area contributed by atoms with Gasteiger partial charge in [-0.25, -0.2) is 0 Å². The molecule has 1 aliphatic rings. The van der Waals surface area contributed by atoms with Crippen molar-refractivity contribution in [2.75, 3.05) is 5.73 Å². The fraction of sp³-hybridized carbons (Fsp3) is 0.0667. The number of benzene rings is 2. The molecule has 0 saturated carbocycles. The molecule has 0 unspecified atom stereocenters. The molecule has 0 saturated heterocycles. The number of rotatable bonds is 3. The predicted molar refractivity (Wildman–Crippen MR) is 77.1 cm³/mol. The summed E-state index contributed by atoms with van der Waals surface area (Å²) < 4.78 is 0. The molecule has 3 rings (SSSR count). The van der Waals surface area contributed by atoms with E-state index in [1.165, 1.54) is 5.56 Å². The van der Waals surface area contributed by atoms with Gasteiger partial charge in [0.15, 0.2) is 0 Å². The smallest absolute Gasteiger partial charge is 0.0752 e. The first-order valence-electron chi connectivity index (χ1n) is 6.21. The number of hydrogen-bond acceptors (Lipinski definition) is 4. The lowest BCUT2D eigenvalue weighted by molar-refractivity contribution is 0.265. The number of nitrogens with one attached hydrogen (secondary N) is 2. The minimum atomic E-state index is 0.774. The van der Waals surface area contributed by atoms with E-state index < -0.39 is 0 Å². The van der Waals surface area contributed by atoms with E-state index in [2.05, 4.69) is 29.3 Å². The van der Waals surface area contributed by atoms with E-state index in [0.717, 1.165) is 23.5 Å². The van der Waals surface area contributed by atoms with Crippen LogP contribution < -0.4 is 16.7 Å². The Hall–Kier alpha value is -2.46. The van der Waals surface area contributed by atoms with E-state index in [9.17, 15) is 0 Å². The molecule has 2 aromatic rings. The van der Waals surface area contributed by atoms with Crippen molar-refractivity contribution in [1.82, 2.24) is 16.0 Å². The third-order valence-corrected chi connectivity index (χ3v) is 3.04. The Bertz CT molecular complexity index is 575. The van der Waals surface area contributed by atoms with Crippen molar-refractivity contribution < 1.29 is 0 Å². The average molecular weight is 252 g/mol. The van der Waals surface area contributed by atoms with Crippen LogP contribution in [-0.2, 0) is 6.54 Å². The van der Waals surface area contributed by atoms with Crippen LogP contribution in [0, 0.1) is 0 Å². The molecule has 4 heteroatoms. The Kier molecular flexibility index (Phi) is 3.08. The van der Waals surface area contributed by atoms with Gasteiger partial charge in [-0.2, -0.15) is 0 Å². The number of nitrogens with two attached hydrogens (primary N) is 1. The first-order chi connectivity index (χ1) is 9.31. The van der Waals surface area contributed by atoms with E-state index in [1.807, 2.05) is 47.5 Å². The maximum atomic E-state index is 5.69. The first-order valence-corrected chi connectivity index (χ1v) is 6.21. The van der Waals surface area contributed by atoms with Crippen molar-refractivity contribution in [2.24, 2.45) is 0 Å². The molecule has 0 spiro atoms. The molecule has 1 aliphatic heterocycles. The van der Waals surface area contributed by atoms with Gasteiger partial charge in [-0.1, -0.05) is 42.5 Å². The molecular weight excluding hydrogens is 236 g/mol. The minimum absolute atomic E-state index is 0.774. The van der Waals surface area contributed by atoms with Crippen LogP contribution in [0.3, 0.4) is 0 Å². The highest BCUT2D eigenvalue weighted by Crippen LogP contribution is 2.17. The highest BCUT2D eigenvalue weighted by Gasteiger charge is 2.12. The molecule has 0 fully saturated rings. The minimum Gasteiger partial charge on any atom is -0.399 e. The Labute approximate surface area is 112 Å². The Morgan fingerprint density at radius 1 is 0.947 bits per heavy atom. The number of hydrazine groups is 2. The van der Waals surface area contributed by atoms with Crippen LogP contribution in [0.15, 0.2) is 60.8 Å². The van der Waals surface area contributed by atoms with Crippen molar-refractivity contribution in [3.8, 4) is 0 Å². The third-order valence-electron chi connectivity index (χ3n) is 3.04. The lowest BCUT2D eigenvalue weighted by Gasteiger charge is -2.14. The molecular formula is C15H16N4. The van der Waals surface area contributed by atoms with E-state index in [1.54, 1.807) is 0 Å². The van der Waals surface area contributed by atoms with Gasteiger partial charge in [0.05, 0.1) is 12.2 Å². The summed E-state index contributed by atoms with van der Waals surface area (Å²) in [6, 6.07) is 18.1. The number of nitrogens with zero attached hydrogens (tertiary/aromatic N) is 1. The molecule has 0 amide bonds. The quantitative estimate of drug-likeness (QED) is 0.732. The maximum absolute atomic E-state index is 5.69. The van der Waals surface area contributed by atoms with Crippen LogP contribution in [0.4, 0.5) is 5.69 Å². The summed E-state index contributed by atoms with van der Waals surface area (Å²) in [5, 5.41) is 2.01. The van der Waals surface area contributed by atoms with Crippen LogP contribution in [0.2, 0.25) is 0 Å². The van der Waals surface area contributed by atoms with Crippen LogP contribution in [0.5, 0.6) is 0 Å². The second-order valence-electron chi connectivity index (χ2n) is 4.52. The second kappa shape index (κ2) is 5.04. The van der Waals surface area contributed by atoms with E-state index >= 15 is 0 Å². The van der Waals surface area contributed by atoms with Crippen molar-refractivity contribution >= 4 is 11.4 Å². The highest BCUT2D eigenvalue weighted by atomic mass is 15.7. The van der Waals surface area contributed by atoms with Crippen molar-refractivity contribution in [2.45, 2.75) is 6.54 Å². The normalized spacial score (nSPS) is 14.1. The lowest BCUT2D eigenvalue weighted by atomic mass is 10.1. The van der Waals surface area contributed by atoms with E-state index in [-0.39, 0.29) is 0 Å². The van der Waals surface area contributed by atoms with Crippen LogP contribution in [-0.4, -0.2) is 5.01 Å². The maximum Gasteiger partial charge on any atom is 0.0752 e. The Balaban J connectivity index is 1.72. The molecule has 4 nitrogen and oxygen atoms in total. The van der Waals surface area contributed by atoms with Crippen molar-refractivity contribution in [1.29, 1.82) is 0 Å². The zero-order valence-corrected chi connectivity index (χ0v) is 10.5. The Morgan fingerprint density at radius 3 is 2.42 bits per heavy atom.